The molecule has 2 atom stereocenters. The minimum Gasteiger partial charge on any atom is -0.478 e. The van der Waals surface area contributed by atoms with Crippen LogP contribution in [0.3, 0.4) is 0 Å². The zero-order valence-electron chi connectivity index (χ0n) is 21.1. The average molecular weight is 604 g/mol. The van der Waals surface area contributed by atoms with E-state index in [1.54, 1.807) is 11.3 Å². The van der Waals surface area contributed by atoms with Crippen LogP contribution < -0.4 is 15.6 Å². The summed E-state index contributed by atoms with van der Waals surface area (Å²) in [5.41, 5.74) is 4.11. The molecular weight excluding hydrogens is 581 g/mol. The van der Waals surface area contributed by atoms with Gasteiger partial charge in [0.25, 0.3) is 11.8 Å². The van der Waals surface area contributed by atoms with E-state index in [0.29, 0.717) is 11.3 Å². The summed E-state index contributed by atoms with van der Waals surface area (Å²) in [7, 11) is 0. The Morgan fingerprint density at radius 2 is 2.10 bits per heavy atom. The first kappa shape index (κ1) is 27.5. The lowest BCUT2D eigenvalue weighted by molar-refractivity contribution is -0.687. The quantitative estimate of drug-likeness (QED) is 0.120. The molecule has 2 aliphatic rings. The molecule has 1 saturated heterocycles. The number of carbonyl (C=O) groups excluding carboxylic acids is 2. The van der Waals surface area contributed by atoms with E-state index in [9.17, 15) is 29.4 Å². The van der Waals surface area contributed by atoms with Crippen molar-refractivity contribution in [2.45, 2.75) is 37.4 Å². The largest absolute Gasteiger partial charge is 0.478 e. The van der Waals surface area contributed by atoms with E-state index in [0.717, 1.165) is 21.6 Å². The number of hydrogen-bond acceptors (Lipinski definition) is 11. The van der Waals surface area contributed by atoms with Gasteiger partial charge in [-0.25, -0.2) is 9.59 Å². The molecule has 3 aromatic heterocycles. The van der Waals surface area contributed by atoms with Gasteiger partial charge in [-0.05, 0) is 36.8 Å². The molecular formula is C24H23N6O7S3+. The molecule has 0 spiro atoms. The Kier molecular flexibility index (Phi) is 7.24. The molecule has 1 fully saturated rings. The van der Waals surface area contributed by atoms with E-state index >= 15 is 0 Å². The molecule has 0 radical (unpaired) electrons. The van der Waals surface area contributed by atoms with Gasteiger partial charge in [-0.2, -0.15) is 8.94 Å². The van der Waals surface area contributed by atoms with Crippen molar-refractivity contribution in [1.82, 2.24) is 14.6 Å². The summed E-state index contributed by atoms with van der Waals surface area (Å²) in [4.78, 5) is 56.4. The van der Waals surface area contributed by atoms with Crippen LogP contribution in [0.15, 0.2) is 52.4 Å². The maximum atomic E-state index is 13.2. The van der Waals surface area contributed by atoms with Crippen LogP contribution in [0.4, 0.5) is 5.00 Å². The van der Waals surface area contributed by atoms with E-state index in [4.69, 9.17) is 10.6 Å². The van der Waals surface area contributed by atoms with Gasteiger partial charge in [0.15, 0.2) is 24.7 Å². The molecule has 0 aliphatic carbocycles. The summed E-state index contributed by atoms with van der Waals surface area (Å²) < 4.78 is 6.98. The van der Waals surface area contributed by atoms with Crippen molar-refractivity contribution in [2.75, 3.05) is 11.5 Å². The number of nitrogens with one attached hydrogen (secondary N) is 1. The Balaban J connectivity index is 1.36. The predicted octanol–water partition coefficient (Wildman–Crippen LogP) is 1.25. The van der Waals surface area contributed by atoms with Crippen LogP contribution in [0.5, 0.6) is 0 Å². The first-order valence-corrected chi connectivity index (χ1v) is 14.5. The molecule has 5 heterocycles. The maximum Gasteiger partial charge on any atom is 0.352 e. The zero-order valence-corrected chi connectivity index (χ0v) is 23.5. The van der Waals surface area contributed by atoms with Gasteiger partial charge < -0.3 is 26.1 Å². The lowest BCUT2D eigenvalue weighted by Gasteiger charge is -2.49. The molecule has 5 rings (SSSR count). The molecule has 1 unspecified atom stereocenters. The van der Waals surface area contributed by atoms with Crippen molar-refractivity contribution in [3.05, 3.63) is 52.9 Å². The molecule has 2 aliphatic heterocycles. The van der Waals surface area contributed by atoms with E-state index < -0.39 is 40.8 Å². The number of thiophene rings is 1. The molecule has 0 saturated carbocycles. The number of rotatable bonds is 9. The van der Waals surface area contributed by atoms with Crippen LogP contribution in [0.2, 0.25) is 0 Å². The third kappa shape index (κ3) is 5.12. The fourth-order valence-corrected chi connectivity index (χ4v) is 6.75. The van der Waals surface area contributed by atoms with Crippen molar-refractivity contribution in [3.63, 3.8) is 0 Å². The number of nitrogens with zero attached hydrogens (tertiary/aromatic N) is 4. The number of nitrogens with two attached hydrogens (primary N) is 1. The number of β-lactam (4-membered cyclic amide) rings is 1. The fourth-order valence-electron chi connectivity index (χ4n) is 4.08. The summed E-state index contributed by atoms with van der Waals surface area (Å²) in [6, 6.07) is 4.27. The van der Waals surface area contributed by atoms with Crippen molar-refractivity contribution >= 4 is 79.2 Å². The molecule has 13 nitrogen and oxygen atoms in total. The standard InChI is InChI=1S/C24H22N6O7S3/c1-24(2,23(35)36)37-27-16(13-7-15(25)40-28-13)19(31)26-17-20(32)30-18(22(33)34)12(10-39-21(17)30)8-29-5-3-11-4-6-38-14(11)9-29/h3-7,9,17,21H,8,10H2,1-2H3,(H4-,25,26,28,31,33,34,35,36)/p+1/t17?,21-/m0/s1. The highest BCUT2D eigenvalue weighted by Crippen LogP contribution is 2.40. The number of pyridine rings is 1. The Hall–Kier alpha value is -4.02. The average Bonchev–Trinajstić information content (AvgIpc) is 3.55. The summed E-state index contributed by atoms with van der Waals surface area (Å²) in [6.45, 7) is 2.79. The molecule has 40 heavy (non-hydrogen) atoms. The highest BCUT2D eigenvalue weighted by molar-refractivity contribution is 8.00. The number of anilines is 1. The third-order valence-electron chi connectivity index (χ3n) is 6.23. The van der Waals surface area contributed by atoms with E-state index in [1.807, 2.05) is 34.5 Å². The highest BCUT2D eigenvalue weighted by Gasteiger charge is 2.55. The highest BCUT2D eigenvalue weighted by atomic mass is 32.2. The van der Waals surface area contributed by atoms with Gasteiger partial charge >= 0.3 is 11.9 Å². The SMILES string of the molecule is CC(C)(ON=C(C(=O)NC1C(=O)N2C(C(=O)O)=C(C[n+]3ccc4ccsc4c3)CS[C@@H]12)c1cc(N)sn1)C(=O)O. The normalized spacial score (nSPS) is 19.3. The monoisotopic (exact) mass is 603 g/mol. The number of amides is 2. The smallest absolute Gasteiger partial charge is 0.352 e. The van der Waals surface area contributed by atoms with Crippen LogP contribution in [-0.4, -0.2) is 71.7 Å². The van der Waals surface area contributed by atoms with Gasteiger partial charge in [0.2, 0.25) is 5.60 Å². The topological polar surface area (TPSA) is 188 Å². The van der Waals surface area contributed by atoms with E-state index in [-0.39, 0.29) is 28.6 Å². The van der Waals surface area contributed by atoms with Crippen LogP contribution in [0.25, 0.3) is 10.1 Å². The van der Waals surface area contributed by atoms with E-state index in [2.05, 4.69) is 14.8 Å². The van der Waals surface area contributed by atoms with Crippen LogP contribution in [0, 0.1) is 0 Å². The number of aliphatic carboxylic acids is 2. The molecule has 16 heteroatoms. The van der Waals surface area contributed by atoms with Crippen molar-refractivity contribution in [2.24, 2.45) is 5.16 Å². The summed E-state index contributed by atoms with van der Waals surface area (Å²) in [5, 5.41) is 28.3. The lowest BCUT2D eigenvalue weighted by Crippen LogP contribution is -2.71. The molecule has 0 aromatic carbocycles. The second-order valence-electron chi connectivity index (χ2n) is 9.44. The molecule has 5 N–H and O–H groups in total. The van der Waals surface area contributed by atoms with Gasteiger partial charge in [-0.3, -0.25) is 14.5 Å². The maximum absolute atomic E-state index is 13.2. The minimum atomic E-state index is -1.75. The molecule has 208 valence electrons. The van der Waals surface area contributed by atoms with Gasteiger partial charge in [-0.15, -0.1) is 23.1 Å². The first-order valence-electron chi connectivity index (χ1n) is 11.8. The van der Waals surface area contributed by atoms with Gasteiger partial charge in [-0.1, -0.05) is 5.16 Å². The fraction of sp³-hybridized carbons (Fsp3) is 0.292. The zero-order chi connectivity index (χ0) is 28.8. The van der Waals surface area contributed by atoms with Crippen molar-refractivity contribution in [3.8, 4) is 0 Å². The van der Waals surface area contributed by atoms with Crippen LogP contribution in [0.1, 0.15) is 19.5 Å². The van der Waals surface area contributed by atoms with Gasteiger partial charge in [0, 0.05) is 28.8 Å². The summed E-state index contributed by atoms with van der Waals surface area (Å²) in [6.07, 6.45) is 3.79. The number of carboxylic acids is 2. The van der Waals surface area contributed by atoms with Gasteiger partial charge in [0.1, 0.15) is 27.8 Å². The Labute approximate surface area is 239 Å². The number of carbonyl (C=O) groups is 4. The number of hydrogen-bond donors (Lipinski definition) is 4. The minimum absolute atomic E-state index is 0.0363. The summed E-state index contributed by atoms with van der Waals surface area (Å²) in [5.74, 6) is -3.66. The Morgan fingerprint density at radius 1 is 1.32 bits per heavy atom. The number of aromatic nitrogens is 2. The second-order valence-corrected chi connectivity index (χ2v) is 12.3. The molecule has 3 aromatic rings. The second kappa shape index (κ2) is 10.5. The van der Waals surface area contributed by atoms with Crippen LogP contribution >= 0.6 is 34.6 Å². The first-order chi connectivity index (χ1) is 19.0. The number of oxime groups is 1. The van der Waals surface area contributed by atoms with Crippen LogP contribution in [-0.2, 0) is 30.6 Å². The number of fused-ring (bicyclic) bond motifs is 2. The Bertz CT molecular complexity index is 1610. The van der Waals surface area contributed by atoms with Crippen molar-refractivity contribution in [1.29, 1.82) is 0 Å². The third-order valence-corrected chi connectivity index (χ3v) is 9.06. The molecule has 2 amide bonds. The number of nitrogen functional groups attached to an aromatic ring is 1. The predicted molar refractivity (Wildman–Crippen MR) is 148 cm³/mol. The van der Waals surface area contributed by atoms with E-state index in [1.165, 1.54) is 36.6 Å². The number of carboxylic acid groups (broad SMARTS) is 2. The summed E-state index contributed by atoms with van der Waals surface area (Å²) >= 11 is 3.80. The van der Waals surface area contributed by atoms with Gasteiger partial charge in [0.05, 0.1) is 4.70 Å². The number of thioether (sulfide) groups is 1. The van der Waals surface area contributed by atoms with Crippen molar-refractivity contribution < 1.29 is 38.8 Å². The Morgan fingerprint density at radius 3 is 2.77 bits per heavy atom. The molecule has 0 bridgehead atoms. The lowest BCUT2D eigenvalue weighted by atomic mass is 10.0.